The Hall–Kier alpha value is -1.65. The minimum Gasteiger partial charge on any atom is -0.492 e. The van der Waals surface area contributed by atoms with Gasteiger partial charge < -0.3 is 9.47 Å². The van der Waals surface area contributed by atoms with Crippen molar-refractivity contribution in [2.75, 3.05) is 13.7 Å². The zero-order valence-electron chi connectivity index (χ0n) is 9.92. The molecule has 0 bridgehead atoms. The van der Waals surface area contributed by atoms with Gasteiger partial charge in [0.25, 0.3) is 0 Å². The lowest BCUT2D eigenvalue weighted by Gasteiger charge is -2.21. The zero-order chi connectivity index (χ0) is 13.1. The van der Waals surface area contributed by atoms with Crippen molar-refractivity contribution in [2.24, 2.45) is 5.41 Å². The highest BCUT2D eigenvalue weighted by molar-refractivity contribution is 5.75. The third-order valence-corrected chi connectivity index (χ3v) is 2.17. The summed E-state index contributed by atoms with van der Waals surface area (Å²) in [5.41, 5.74) is -0.877. The van der Waals surface area contributed by atoms with Crippen LogP contribution in [-0.2, 0) is 9.53 Å². The van der Waals surface area contributed by atoms with E-state index in [1.807, 2.05) is 0 Å². The fraction of sp³-hybridized carbons (Fsp3) is 0.417. The standard InChI is InChI=1S/C12H14F2O3/c1-12(2,11(15)16-3)7-17-10-5-8(13)4-9(14)6-10/h4-6H,7H2,1-3H3. The van der Waals surface area contributed by atoms with Gasteiger partial charge in [-0.1, -0.05) is 0 Å². The zero-order valence-corrected chi connectivity index (χ0v) is 9.92. The Balaban J connectivity index is 2.70. The van der Waals surface area contributed by atoms with Crippen LogP contribution in [0.2, 0.25) is 0 Å². The monoisotopic (exact) mass is 244 g/mol. The second-order valence-electron chi connectivity index (χ2n) is 4.27. The van der Waals surface area contributed by atoms with Crippen LogP contribution in [-0.4, -0.2) is 19.7 Å². The first-order valence-corrected chi connectivity index (χ1v) is 5.02. The van der Waals surface area contributed by atoms with E-state index in [0.29, 0.717) is 0 Å². The average molecular weight is 244 g/mol. The predicted molar refractivity (Wildman–Crippen MR) is 57.7 cm³/mol. The van der Waals surface area contributed by atoms with Crippen LogP contribution in [0.25, 0.3) is 0 Å². The molecule has 0 aliphatic heterocycles. The van der Waals surface area contributed by atoms with E-state index in [2.05, 4.69) is 4.74 Å². The first-order valence-electron chi connectivity index (χ1n) is 5.02. The summed E-state index contributed by atoms with van der Waals surface area (Å²) >= 11 is 0. The summed E-state index contributed by atoms with van der Waals surface area (Å²) in [4.78, 5) is 11.3. The predicted octanol–water partition coefficient (Wildman–Crippen LogP) is 2.54. The fourth-order valence-electron chi connectivity index (χ4n) is 1.21. The smallest absolute Gasteiger partial charge is 0.314 e. The first-order chi connectivity index (χ1) is 7.85. The fourth-order valence-corrected chi connectivity index (χ4v) is 1.21. The van der Waals surface area contributed by atoms with Crippen LogP contribution in [0, 0.1) is 17.0 Å². The van der Waals surface area contributed by atoms with Crippen LogP contribution in [0.1, 0.15) is 13.8 Å². The van der Waals surface area contributed by atoms with Crippen LogP contribution >= 0.6 is 0 Å². The second-order valence-corrected chi connectivity index (χ2v) is 4.27. The molecule has 0 heterocycles. The lowest BCUT2D eigenvalue weighted by molar-refractivity contribution is -0.152. The molecule has 0 atom stereocenters. The van der Waals surface area contributed by atoms with E-state index >= 15 is 0 Å². The highest BCUT2D eigenvalue weighted by atomic mass is 19.1. The van der Waals surface area contributed by atoms with Crippen molar-refractivity contribution in [3.05, 3.63) is 29.8 Å². The minimum atomic E-state index is -0.877. The van der Waals surface area contributed by atoms with Gasteiger partial charge >= 0.3 is 5.97 Å². The van der Waals surface area contributed by atoms with Gasteiger partial charge in [-0.25, -0.2) is 8.78 Å². The maximum absolute atomic E-state index is 12.9. The van der Waals surface area contributed by atoms with Gasteiger partial charge in [-0.3, -0.25) is 4.79 Å². The number of hydrogen-bond donors (Lipinski definition) is 0. The topological polar surface area (TPSA) is 35.5 Å². The third-order valence-electron chi connectivity index (χ3n) is 2.17. The molecule has 17 heavy (non-hydrogen) atoms. The molecule has 1 aromatic carbocycles. The Bertz CT molecular complexity index is 396. The second kappa shape index (κ2) is 5.12. The van der Waals surface area contributed by atoms with Crippen molar-refractivity contribution < 1.29 is 23.0 Å². The largest absolute Gasteiger partial charge is 0.492 e. The van der Waals surface area contributed by atoms with Crippen molar-refractivity contribution in [3.8, 4) is 5.75 Å². The van der Waals surface area contributed by atoms with E-state index in [-0.39, 0.29) is 12.4 Å². The van der Waals surface area contributed by atoms with Crippen molar-refractivity contribution in [2.45, 2.75) is 13.8 Å². The third kappa shape index (κ3) is 3.69. The molecule has 0 saturated heterocycles. The molecule has 0 aliphatic rings. The average Bonchev–Trinajstić information content (AvgIpc) is 2.24. The van der Waals surface area contributed by atoms with Crippen molar-refractivity contribution >= 4 is 5.97 Å². The molecule has 1 rings (SSSR count). The number of hydrogen-bond acceptors (Lipinski definition) is 3. The molecule has 94 valence electrons. The van der Waals surface area contributed by atoms with E-state index in [9.17, 15) is 13.6 Å². The molecule has 5 heteroatoms. The van der Waals surface area contributed by atoms with E-state index in [0.717, 1.165) is 18.2 Å². The maximum Gasteiger partial charge on any atom is 0.314 e. The van der Waals surface area contributed by atoms with Crippen LogP contribution in [0.4, 0.5) is 8.78 Å². The normalized spacial score (nSPS) is 11.1. The lowest BCUT2D eigenvalue weighted by Crippen LogP contribution is -2.32. The Kier molecular flexibility index (Phi) is 4.04. The molecule has 0 aliphatic carbocycles. The highest BCUT2D eigenvalue weighted by Gasteiger charge is 2.29. The summed E-state index contributed by atoms with van der Waals surface area (Å²) < 4.78 is 35.5. The van der Waals surface area contributed by atoms with Crippen molar-refractivity contribution in [1.82, 2.24) is 0 Å². The first kappa shape index (κ1) is 13.4. The number of benzene rings is 1. The van der Waals surface area contributed by atoms with E-state index in [1.54, 1.807) is 13.8 Å². The Morgan fingerprint density at radius 3 is 2.24 bits per heavy atom. The molecular weight excluding hydrogens is 230 g/mol. The van der Waals surface area contributed by atoms with Gasteiger partial charge in [0.1, 0.15) is 24.0 Å². The highest BCUT2D eigenvalue weighted by Crippen LogP contribution is 2.21. The van der Waals surface area contributed by atoms with E-state index in [4.69, 9.17) is 4.74 Å². The molecule has 0 fully saturated rings. The summed E-state index contributed by atoms with van der Waals surface area (Å²) in [5.74, 6) is -1.86. The Labute approximate surface area is 98.3 Å². The molecule has 0 aromatic heterocycles. The number of rotatable bonds is 4. The van der Waals surface area contributed by atoms with Gasteiger partial charge in [-0.05, 0) is 13.8 Å². The summed E-state index contributed by atoms with van der Waals surface area (Å²) in [5, 5.41) is 0. The molecule has 0 radical (unpaired) electrons. The van der Waals surface area contributed by atoms with Crippen LogP contribution in [0.15, 0.2) is 18.2 Å². The van der Waals surface area contributed by atoms with Gasteiger partial charge in [0, 0.05) is 18.2 Å². The number of halogens is 2. The molecule has 0 N–H and O–H groups in total. The Morgan fingerprint density at radius 2 is 1.76 bits per heavy atom. The van der Waals surface area contributed by atoms with Gasteiger partial charge in [-0.2, -0.15) is 0 Å². The lowest BCUT2D eigenvalue weighted by atomic mass is 9.95. The van der Waals surface area contributed by atoms with E-state index in [1.165, 1.54) is 7.11 Å². The summed E-state index contributed by atoms with van der Waals surface area (Å²) in [6.45, 7) is 3.21. The number of ether oxygens (including phenoxy) is 2. The molecule has 3 nitrogen and oxygen atoms in total. The molecule has 0 saturated carbocycles. The molecule has 0 spiro atoms. The molecule has 0 unspecified atom stereocenters. The quantitative estimate of drug-likeness (QED) is 0.763. The number of carbonyl (C=O) groups excluding carboxylic acids is 1. The summed E-state index contributed by atoms with van der Waals surface area (Å²) in [6, 6.07) is 2.85. The molecule has 0 amide bonds. The van der Waals surface area contributed by atoms with Crippen LogP contribution < -0.4 is 4.74 Å². The van der Waals surface area contributed by atoms with Gasteiger partial charge in [-0.15, -0.1) is 0 Å². The Morgan fingerprint density at radius 1 is 1.24 bits per heavy atom. The number of methoxy groups -OCH3 is 1. The number of carbonyl (C=O) groups is 1. The molecule has 1 aromatic rings. The summed E-state index contributed by atoms with van der Waals surface area (Å²) in [7, 11) is 1.27. The SMILES string of the molecule is COC(=O)C(C)(C)COc1cc(F)cc(F)c1. The van der Waals surface area contributed by atoms with Crippen LogP contribution in [0.5, 0.6) is 5.75 Å². The van der Waals surface area contributed by atoms with Crippen molar-refractivity contribution in [1.29, 1.82) is 0 Å². The van der Waals surface area contributed by atoms with Gasteiger partial charge in [0.05, 0.1) is 12.5 Å². The van der Waals surface area contributed by atoms with Gasteiger partial charge in [0.2, 0.25) is 0 Å². The minimum absolute atomic E-state index is 0.0252. The maximum atomic E-state index is 12.9. The van der Waals surface area contributed by atoms with Crippen LogP contribution in [0.3, 0.4) is 0 Å². The summed E-state index contributed by atoms with van der Waals surface area (Å²) in [6.07, 6.45) is 0. The van der Waals surface area contributed by atoms with Crippen molar-refractivity contribution in [3.63, 3.8) is 0 Å². The number of esters is 1. The van der Waals surface area contributed by atoms with E-state index < -0.39 is 23.0 Å². The van der Waals surface area contributed by atoms with Gasteiger partial charge in [0.15, 0.2) is 0 Å². The molecular formula is C12H14F2O3.